The smallest absolute Gasteiger partial charge is 0.203 e. The van der Waals surface area contributed by atoms with Crippen molar-refractivity contribution in [2.75, 3.05) is 32.2 Å². The van der Waals surface area contributed by atoms with E-state index in [9.17, 15) is 0 Å². The molecule has 1 N–H and O–H groups in total. The number of hydrogen-bond donors (Lipinski definition) is 1. The quantitative estimate of drug-likeness (QED) is 0.728. The fourth-order valence-electron chi connectivity index (χ4n) is 1.38. The lowest BCUT2D eigenvalue weighted by atomic mass is 10.4. The molecule has 1 aromatic heterocycles. The summed E-state index contributed by atoms with van der Waals surface area (Å²) in [6, 6.07) is 0.253. The van der Waals surface area contributed by atoms with E-state index in [2.05, 4.69) is 17.2 Å². The largest absolute Gasteiger partial charge is 0.383 e. The number of hydrogen-bond acceptors (Lipinski definition) is 4. The SMILES string of the molecule is CCOCC(C)Nc1nccn1CCOC. The van der Waals surface area contributed by atoms with Gasteiger partial charge in [-0.3, -0.25) is 0 Å². The highest BCUT2D eigenvalue weighted by Crippen LogP contribution is 2.06. The van der Waals surface area contributed by atoms with Gasteiger partial charge in [-0.25, -0.2) is 4.98 Å². The van der Waals surface area contributed by atoms with Crippen molar-refractivity contribution in [3.8, 4) is 0 Å². The van der Waals surface area contributed by atoms with E-state index < -0.39 is 0 Å². The first-order chi connectivity index (χ1) is 7.77. The molecule has 1 rings (SSSR count). The van der Waals surface area contributed by atoms with Gasteiger partial charge in [0.2, 0.25) is 5.95 Å². The minimum atomic E-state index is 0.253. The minimum Gasteiger partial charge on any atom is -0.383 e. The van der Waals surface area contributed by atoms with E-state index in [1.54, 1.807) is 13.3 Å². The van der Waals surface area contributed by atoms with Crippen LogP contribution < -0.4 is 5.32 Å². The van der Waals surface area contributed by atoms with Crippen molar-refractivity contribution in [1.29, 1.82) is 0 Å². The van der Waals surface area contributed by atoms with Crippen LogP contribution in [0.25, 0.3) is 0 Å². The van der Waals surface area contributed by atoms with E-state index in [-0.39, 0.29) is 6.04 Å². The van der Waals surface area contributed by atoms with Crippen LogP contribution in [0.15, 0.2) is 12.4 Å². The van der Waals surface area contributed by atoms with Gasteiger partial charge in [-0.2, -0.15) is 0 Å². The molecule has 92 valence electrons. The summed E-state index contributed by atoms with van der Waals surface area (Å²) in [5.74, 6) is 0.865. The summed E-state index contributed by atoms with van der Waals surface area (Å²) in [7, 11) is 1.70. The summed E-state index contributed by atoms with van der Waals surface area (Å²) in [4.78, 5) is 4.26. The number of aromatic nitrogens is 2. The molecule has 5 heteroatoms. The summed E-state index contributed by atoms with van der Waals surface area (Å²) in [5, 5.41) is 3.31. The number of nitrogens with zero attached hydrogens (tertiary/aromatic N) is 2. The maximum atomic E-state index is 5.34. The number of anilines is 1. The van der Waals surface area contributed by atoms with E-state index in [4.69, 9.17) is 9.47 Å². The van der Waals surface area contributed by atoms with E-state index in [0.717, 1.165) is 19.1 Å². The average Bonchev–Trinajstić information content (AvgIpc) is 2.71. The van der Waals surface area contributed by atoms with E-state index in [0.29, 0.717) is 13.2 Å². The maximum absolute atomic E-state index is 5.34. The molecule has 0 aromatic carbocycles. The Morgan fingerprint density at radius 3 is 3.06 bits per heavy atom. The van der Waals surface area contributed by atoms with Crippen molar-refractivity contribution in [1.82, 2.24) is 9.55 Å². The van der Waals surface area contributed by atoms with Crippen molar-refractivity contribution < 1.29 is 9.47 Å². The fraction of sp³-hybridized carbons (Fsp3) is 0.727. The predicted octanol–water partition coefficient (Wildman–Crippen LogP) is 1.37. The Labute approximate surface area is 96.8 Å². The number of rotatable bonds is 8. The fourth-order valence-corrected chi connectivity index (χ4v) is 1.38. The predicted molar refractivity (Wildman–Crippen MR) is 63.7 cm³/mol. The van der Waals surface area contributed by atoms with Gasteiger partial charge >= 0.3 is 0 Å². The highest BCUT2D eigenvalue weighted by Gasteiger charge is 2.06. The summed E-state index contributed by atoms with van der Waals surface area (Å²) in [5.41, 5.74) is 0. The Kier molecular flexibility index (Phi) is 5.88. The highest BCUT2D eigenvalue weighted by atomic mass is 16.5. The van der Waals surface area contributed by atoms with Gasteiger partial charge in [0.15, 0.2) is 0 Å². The van der Waals surface area contributed by atoms with Crippen LogP contribution in [0.3, 0.4) is 0 Å². The lowest BCUT2D eigenvalue weighted by Gasteiger charge is -2.15. The molecular weight excluding hydrogens is 206 g/mol. The maximum Gasteiger partial charge on any atom is 0.203 e. The third-order valence-electron chi connectivity index (χ3n) is 2.20. The molecule has 5 nitrogen and oxygen atoms in total. The summed E-state index contributed by atoms with van der Waals surface area (Å²) in [6.07, 6.45) is 3.72. The molecule has 1 atom stereocenters. The van der Waals surface area contributed by atoms with Gasteiger partial charge in [-0.1, -0.05) is 0 Å². The Hall–Kier alpha value is -1.07. The van der Waals surface area contributed by atoms with E-state index >= 15 is 0 Å². The lowest BCUT2D eigenvalue weighted by molar-refractivity contribution is 0.141. The second-order valence-electron chi connectivity index (χ2n) is 3.64. The highest BCUT2D eigenvalue weighted by molar-refractivity contribution is 5.27. The van der Waals surface area contributed by atoms with Crippen LogP contribution >= 0.6 is 0 Å². The van der Waals surface area contributed by atoms with Crippen LogP contribution in [0.2, 0.25) is 0 Å². The molecule has 0 radical (unpaired) electrons. The first-order valence-electron chi connectivity index (χ1n) is 5.62. The van der Waals surface area contributed by atoms with E-state index in [1.165, 1.54) is 0 Å². The van der Waals surface area contributed by atoms with Gasteiger partial charge < -0.3 is 19.4 Å². The Bertz CT molecular complexity index is 289. The zero-order valence-corrected chi connectivity index (χ0v) is 10.3. The van der Waals surface area contributed by atoms with E-state index in [1.807, 2.05) is 17.7 Å². The standard InChI is InChI=1S/C11H21N3O2/c1-4-16-9-10(2)13-11-12-5-6-14(11)7-8-15-3/h5-6,10H,4,7-9H2,1-3H3,(H,12,13). The Morgan fingerprint density at radius 1 is 1.56 bits per heavy atom. The molecule has 1 unspecified atom stereocenters. The van der Waals surface area contributed by atoms with Crippen molar-refractivity contribution in [3.63, 3.8) is 0 Å². The monoisotopic (exact) mass is 227 g/mol. The summed E-state index contributed by atoms with van der Waals surface area (Å²) in [6.45, 7) is 6.99. The van der Waals surface area contributed by atoms with Crippen molar-refractivity contribution >= 4 is 5.95 Å². The van der Waals surface area contributed by atoms with Crippen LogP contribution in [-0.4, -0.2) is 42.5 Å². The molecule has 0 aliphatic heterocycles. The molecular formula is C11H21N3O2. The third-order valence-corrected chi connectivity index (χ3v) is 2.20. The second-order valence-corrected chi connectivity index (χ2v) is 3.64. The van der Waals surface area contributed by atoms with Crippen molar-refractivity contribution in [2.24, 2.45) is 0 Å². The number of imidazole rings is 1. The van der Waals surface area contributed by atoms with Crippen LogP contribution in [0.5, 0.6) is 0 Å². The third kappa shape index (κ3) is 4.20. The zero-order valence-electron chi connectivity index (χ0n) is 10.3. The topological polar surface area (TPSA) is 48.3 Å². The van der Waals surface area contributed by atoms with Gasteiger partial charge in [0.25, 0.3) is 0 Å². The van der Waals surface area contributed by atoms with Crippen molar-refractivity contribution in [3.05, 3.63) is 12.4 Å². The average molecular weight is 227 g/mol. The lowest BCUT2D eigenvalue weighted by Crippen LogP contribution is -2.24. The summed E-state index contributed by atoms with van der Waals surface area (Å²) >= 11 is 0. The molecule has 16 heavy (non-hydrogen) atoms. The van der Waals surface area contributed by atoms with Crippen molar-refractivity contribution in [2.45, 2.75) is 26.4 Å². The van der Waals surface area contributed by atoms with Gasteiger partial charge in [0.05, 0.1) is 13.2 Å². The molecule has 0 saturated heterocycles. The summed E-state index contributed by atoms with van der Waals surface area (Å²) < 4.78 is 12.4. The molecule has 0 spiro atoms. The number of methoxy groups -OCH3 is 1. The van der Waals surface area contributed by atoms with Gasteiger partial charge in [-0.05, 0) is 13.8 Å². The first-order valence-corrected chi connectivity index (χ1v) is 5.62. The molecule has 1 aromatic rings. The zero-order chi connectivity index (χ0) is 11.8. The molecule has 0 aliphatic rings. The van der Waals surface area contributed by atoms with Gasteiger partial charge in [-0.15, -0.1) is 0 Å². The van der Waals surface area contributed by atoms with Crippen LogP contribution in [0, 0.1) is 0 Å². The molecule has 0 fully saturated rings. The number of ether oxygens (including phenoxy) is 2. The van der Waals surface area contributed by atoms with Crippen LogP contribution in [0.1, 0.15) is 13.8 Å². The first kappa shape index (κ1) is 13.0. The van der Waals surface area contributed by atoms with Gasteiger partial charge in [0, 0.05) is 38.7 Å². The van der Waals surface area contributed by atoms with Crippen LogP contribution in [0.4, 0.5) is 5.95 Å². The molecule has 0 bridgehead atoms. The molecule has 1 heterocycles. The molecule has 0 amide bonds. The number of nitrogens with one attached hydrogen (secondary N) is 1. The Balaban J connectivity index is 2.42. The molecule has 0 aliphatic carbocycles. The van der Waals surface area contributed by atoms with Crippen LogP contribution in [-0.2, 0) is 16.0 Å². The second kappa shape index (κ2) is 7.24. The molecule has 0 saturated carbocycles. The minimum absolute atomic E-state index is 0.253. The normalized spacial score (nSPS) is 12.7. The van der Waals surface area contributed by atoms with Gasteiger partial charge in [0.1, 0.15) is 0 Å². The Morgan fingerprint density at radius 2 is 2.38 bits per heavy atom.